The molecule has 0 aliphatic heterocycles. The maximum atomic E-state index is 12.7. The number of alkyl halides is 3. The number of nitrogens with one attached hydrogen (secondary N) is 3. The van der Waals surface area contributed by atoms with Crippen LogP contribution in [-0.2, 0) is 11.0 Å². The number of anilines is 2. The summed E-state index contributed by atoms with van der Waals surface area (Å²) in [5, 5.41) is 21.8. The predicted molar refractivity (Wildman–Crippen MR) is 93.5 cm³/mol. The smallest absolute Gasteiger partial charge is 0.360 e. The number of benzene rings is 2. The molecule has 0 radical (unpaired) electrons. The van der Waals surface area contributed by atoms with E-state index in [0.29, 0.717) is 5.69 Å². The molecule has 1 heterocycles. The largest absolute Gasteiger partial charge is 0.416 e. The van der Waals surface area contributed by atoms with E-state index in [1.54, 1.807) is 30.5 Å². The highest BCUT2D eigenvalue weighted by atomic mass is 19.4. The molecule has 27 heavy (non-hydrogen) atoms. The molecular weight excluding hydrogens is 359 g/mol. The number of nitriles is 1. The van der Waals surface area contributed by atoms with Crippen LogP contribution < -0.4 is 10.6 Å². The lowest BCUT2D eigenvalue weighted by atomic mass is 10.2. The van der Waals surface area contributed by atoms with Crippen LogP contribution in [0.25, 0.3) is 10.9 Å². The van der Waals surface area contributed by atoms with Gasteiger partial charge in [-0.3, -0.25) is 9.89 Å². The van der Waals surface area contributed by atoms with Crippen molar-refractivity contribution in [2.45, 2.75) is 6.18 Å². The number of aromatic amines is 1. The molecule has 6 nitrogen and oxygen atoms in total. The van der Waals surface area contributed by atoms with Gasteiger partial charge in [-0.25, -0.2) is 0 Å². The van der Waals surface area contributed by atoms with E-state index in [1.165, 1.54) is 18.3 Å². The Morgan fingerprint density at radius 1 is 1.19 bits per heavy atom. The first kappa shape index (κ1) is 18.0. The molecule has 3 rings (SSSR count). The number of fused-ring (bicyclic) bond motifs is 1. The van der Waals surface area contributed by atoms with E-state index in [4.69, 9.17) is 5.26 Å². The molecule has 3 aromatic rings. The number of nitrogens with zero attached hydrogens (tertiary/aromatic N) is 2. The number of aromatic nitrogens is 2. The molecule has 3 N–H and O–H groups in total. The molecule has 9 heteroatoms. The molecule has 0 saturated heterocycles. The topological polar surface area (TPSA) is 93.6 Å². The van der Waals surface area contributed by atoms with Crippen LogP contribution in [0.2, 0.25) is 0 Å². The molecule has 0 fully saturated rings. The Kier molecular flexibility index (Phi) is 4.81. The minimum Gasteiger partial charge on any atom is -0.360 e. The van der Waals surface area contributed by atoms with Gasteiger partial charge in [0.1, 0.15) is 11.6 Å². The molecule has 0 saturated carbocycles. The Labute approximate surface area is 151 Å². The van der Waals surface area contributed by atoms with E-state index in [1.807, 2.05) is 0 Å². The summed E-state index contributed by atoms with van der Waals surface area (Å²) in [5.74, 6) is -0.827. The lowest BCUT2D eigenvalue weighted by Crippen LogP contribution is -2.15. The first-order valence-electron chi connectivity index (χ1n) is 7.65. The van der Waals surface area contributed by atoms with Crippen LogP contribution in [-0.4, -0.2) is 16.1 Å². The minimum absolute atomic E-state index is 0.0603. The Morgan fingerprint density at radius 3 is 2.74 bits per heavy atom. The van der Waals surface area contributed by atoms with Crippen LogP contribution in [0.3, 0.4) is 0 Å². The molecule has 2 aromatic carbocycles. The molecule has 0 bridgehead atoms. The second-order valence-electron chi connectivity index (χ2n) is 5.52. The third kappa shape index (κ3) is 4.24. The lowest BCUT2D eigenvalue weighted by Gasteiger charge is -2.09. The van der Waals surface area contributed by atoms with Crippen LogP contribution in [0.1, 0.15) is 5.56 Å². The highest BCUT2D eigenvalue weighted by Crippen LogP contribution is 2.30. The summed E-state index contributed by atoms with van der Waals surface area (Å²) in [6.07, 6.45) is -1.69. The molecule has 0 spiro atoms. The van der Waals surface area contributed by atoms with Crippen LogP contribution >= 0.6 is 0 Å². The quantitative estimate of drug-likeness (QED) is 0.477. The average Bonchev–Trinajstić information content (AvgIpc) is 3.09. The molecule has 1 amide bonds. The zero-order valence-corrected chi connectivity index (χ0v) is 13.6. The Bertz CT molecular complexity index is 1060. The van der Waals surface area contributed by atoms with Crippen LogP contribution in [0, 0.1) is 11.3 Å². The van der Waals surface area contributed by atoms with Gasteiger partial charge in [-0.1, -0.05) is 6.07 Å². The fraction of sp³-hybridized carbons (Fsp3) is 0.0556. The SMILES string of the molecule is N#C/C(=C/Nc1ccc2cn[nH]c2c1)C(=O)Nc1cccc(C(F)(F)F)c1. The average molecular weight is 371 g/mol. The fourth-order valence-corrected chi connectivity index (χ4v) is 2.30. The van der Waals surface area contributed by atoms with Gasteiger partial charge in [0.25, 0.3) is 5.91 Å². The van der Waals surface area contributed by atoms with Crippen molar-refractivity contribution in [3.63, 3.8) is 0 Å². The van der Waals surface area contributed by atoms with E-state index in [0.717, 1.165) is 23.0 Å². The van der Waals surface area contributed by atoms with Crippen molar-refractivity contribution in [2.75, 3.05) is 10.6 Å². The Balaban J connectivity index is 1.74. The monoisotopic (exact) mass is 371 g/mol. The number of carbonyl (C=O) groups is 1. The summed E-state index contributed by atoms with van der Waals surface area (Å²) in [5.41, 5.74) is 0.118. The third-order valence-corrected chi connectivity index (χ3v) is 3.64. The van der Waals surface area contributed by atoms with Crippen molar-refractivity contribution in [3.05, 3.63) is 66.0 Å². The molecule has 0 aliphatic rings. The van der Waals surface area contributed by atoms with Gasteiger partial charge in [0.05, 0.1) is 17.3 Å². The maximum Gasteiger partial charge on any atom is 0.416 e. The molecule has 136 valence electrons. The van der Waals surface area contributed by atoms with Crippen molar-refractivity contribution in [1.29, 1.82) is 5.26 Å². The number of H-pyrrole nitrogens is 1. The van der Waals surface area contributed by atoms with Gasteiger partial charge in [0.2, 0.25) is 0 Å². The fourth-order valence-electron chi connectivity index (χ4n) is 2.30. The zero-order valence-electron chi connectivity index (χ0n) is 13.6. The highest BCUT2D eigenvalue weighted by molar-refractivity contribution is 6.06. The van der Waals surface area contributed by atoms with Crippen molar-refractivity contribution in [1.82, 2.24) is 10.2 Å². The molecule has 0 aliphatic carbocycles. The van der Waals surface area contributed by atoms with E-state index in [9.17, 15) is 18.0 Å². The number of amides is 1. The standard InChI is InChI=1S/C18H12F3N5O/c19-18(20,21)13-2-1-3-15(6-13)25-17(27)12(8-22)9-23-14-5-4-11-10-24-26-16(11)7-14/h1-7,9-10,23H,(H,24,26)(H,25,27)/b12-9-. The first-order valence-corrected chi connectivity index (χ1v) is 7.65. The number of rotatable bonds is 4. The van der Waals surface area contributed by atoms with Gasteiger partial charge in [0, 0.05) is 23.0 Å². The van der Waals surface area contributed by atoms with Gasteiger partial charge in [0.15, 0.2) is 0 Å². The summed E-state index contributed by atoms with van der Waals surface area (Å²) in [4.78, 5) is 12.2. The Hall–Kier alpha value is -3.80. The molecular formula is C18H12F3N5O. The second kappa shape index (κ2) is 7.21. The van der Waals surface area contributed by atoms with Gasteiger partial charge < -0.3 is 10.6 Å². The van der Waals surface area contributed by atoms with Crippen LogP contribution in [0.5, 0.6) is 0 Å². The van der Waals surface area contributed by atoms with Gasteiger partial charge >= 0.3 is 6.18 Å². The van der Waals surface area contributed by atoms with Crippen molar-refractivity contribution < 1.29 is 18.0 Å². The van der Waals surface area contributed by atoms with E-state index < -0.39 is 17.6 Å². The third-order valence-electron chi connectivity index (χ3n) is 3.64. The number of carbonyl (C=O) groups excluding carboxylic acids is 1. The summed E-state index contributed by atoms with van der Waals surface area (Å²) in [7, 11) is 0. The maximum absolute atomic E-state index is 12.7. The first-order chi connectivity index (χ1) is 12.9. The van der Waals surface area contributed by atoms with Gasteiger partial charge in [-0.15, -0.1) is 0 Å². The summed E-state index contributed by atoms with van der Waals surface area (Å²) in [6.45, 7) is 0. The van der Waals surface area contributed by atoms with Gasteiger partial charge in [-0.05, 0) is 36.4 Å². The van der Waals surface area contributed by atoms with Gasteiger partial charge in [-0.2, -0.15) is 23.5 Å². The Morgan fingerprint density at radius 2 is 2.00 bits per heavy atom. The summed E-state index contributed by atoms with van der Waals surface area (Å²) < 4.78 is 38.2. The minimum atomic E-state index is -4.53. The van der Waals surface area contributed by atoms with Crippen LogP contribution in [0.15, 0.2) is 60.4 Å². The number of hydrogen-bond acceptors (Lipinski definition) is 4. The molecule has 1 aromatic heterocycles. The predicted octanol–water partition coefficient (Wildman–Crippen LogP) is 4.04. The van der Waals surface area contributed by atoms with Crippen molar-refractivity contribution in [2.24, 2.45) is 0 Å². The molecule has 0 atom stereocenters. The number of halogens is 3. The highest BCUT2D eigenvalue weighted by Gasteiger charge is 2.30. The van der Waals surface area contributed by atoms with Crippen molar-refractivity contribution in [3.8, 4) is 6.07 Å². The van der Waals surface area contributed by atoms with Crippen LogP contribution in [0.4, 0.5) is 24.5 Å². The zero-order chi connectivity index (χ0) is 19.4. The number of hydrogen-bond donors (Lipinski definition) is 3. The normalized spacial score (nSPS) is 11.9. The van der Waals surface area contributed by atoms with E-state index in [-0.39, 0.29) is 11.3 Å². The summed E-state index contributed by atoms with van der Waals surface area (Å²) >= 11 is 0. The van der Waals surface area contributed by atoms with E-state index >= 15 is 0 Å². The second-order valence-corrected chi connectivity index (χ2v) is 5.52. The molecule has 0 unspecified atom stereocenters. The van der Waals surface area contributed by atoms with Crippen molar-refractivity contribution >= 4 is 28.2 Å². The lowest BCUT2D eigenvalue weighted by molar-refractivity contribution is -0.137. The van der Waals surface area contributed by atoms with E-state index in [2.05, 4.69) is 20.8 Å². The summed E-state index contributed by atoms with van der Waals surface area (Å²) in [6, 6.07) is 11.1.